The number of aromatic nitrogens is 1. The molecule has 8 heteroatoms. The van der Waals surface area contributed by atoms with E-state index in [0.717, 1.165) is 0 Å². The number of H-pyrrole nitrogens is 1. The highest BCUT2D eigenvalue weighted by Gasteiger charge is 2.35. The Balaban J connectivity index is 1.66. The molecule has 2 heterocycles. The van der Waals surface area contributed by atoms with Gasteiger partial charge in [-0.3, -0.25) is 24.6 Å². The van der Waals surface area contributed by atoms with Gasteiger partial charge in [0.05, 0.1) is 27.0 Å². The monoisotopic (exact) mass is 369 g/mol. The van der Waals surface area contributed by atoms with Crippen molar-refractivity contribution in [1.29, 1.82) is 0 Å². The molecule has 0 radical (unpaired) electrons. The molecular weight excluding hydrogens is 358 g/mol. The van der Waals surface area contributed by atoms with Crippen LogP contribution in [0.15, 0.2) is 42.6 Å². The average molecular weight is 370 g/mol. The summed E-state index contributed by atoms with van der Waals surface area (Å²) in [6.45, 7) is 0.128. The van der Waals surface area contributed by atoms with Gasteiger partial charge in [-0.25, -0.2) is 0 Å². The second-order valence-corrected chi connectivity index (χ2v) is 6.35. The van der Waals surface area contributed by atoms with Crippen molar-refractivity contribution in [3.63, 3.8) is 0 Å². The van der Waals surface area contributed by atoms with E-state index in [0.29, 0.717) is 27.6 Å². The molecule has 1 aliphatic heterocycles. The SMILES string of the molecule is O=C1c2ccccc2C(=O)N1CCc1c[nH]c2ccc(Cl)c([N+](=O)[O-])c12. The summed E-state index contributed by atoms with van der Waals surface area (Å²) in [5, 5.41) is 11.8. The van der Waals surface area contributed by atoms with Gasteiger partial charge in [-0.05, 0) is 36.2 Å². The van der Waals surface area contributed by atoms with Crippen LogP contribution in [0, 0.1) is 10.1 Å². The summed E-state index contributed by atoms with van der Waals surface area (Å²) < 4.78 is 0. The molecule has 7 nitrogen and oxygen atoms in total. The van der Waals surface area contributed by atoms with Crippen LogP contribution in [-0.4, -0.2) is 33.2 Å². The van der Waals surface area contributed by atoms with Gasteiger partial charge in [0.15, 0.2) is 0 Å². The highest BCUT2D eigenvalue weighted by molar-refractivity contribution is 6.34. The lowest BCUT2D eigenvalue weighted by Crippen LogP contribution is -2.31. The summed E-state index contributed by atoms with van der Waals surface area (Å²) in [6.07, 6.45) is 1.93. The predicted octanol–water partition coefficient (Wildman–Crippen LogP) is 3.57. The van der Waals surface area contributed by atoms with Crippen LogP contribution in [0.3, 0.4) is 0 Å². The fourth-order valence-corrected chi connectivity index (χ4v) is 3.52. The van der Waals surface area contributed by atoms with Gasteiger partial charge in [0, 0.05) is 12.7 Å². The molecule has 0 bridgehead atoms. The normalized spacial score (nSPS) is 13.5. The number of hydrogen-bond acceptors (Lipinski definition) is 4. The first-order valence-electron chi connectivity index (χ1n) is 7.87. The number of nitro benzene ring substituents is 1. The van der Waals surface area contributed by atoms with E-state index in [1.165, 1.54) is 11.0 Å². The molecule has 0 spiro atoms. The largest absolute Gasteiger partial charge is 0.361 e. The van der Waals surface area contributed by atoms with Crippen LogP contribution in [0.5, 0.6) is 0 Å². The van der Waals surface area contributed by atoms with E-state index in [9.17, 15) is 19.7 Å². The lowest BCUT2D eigenvalue weighted by atomic mass is 10.1. The molecule has 3 aromatic rings. The molecule has 1 aliphatic rings. The first kappa shape index (κ1) is 16.3. The van der Waals surface area contributed by atoms with E-state index in [1.54, 1.807) is 36.5 Å². The van der Waals surface area contributed by atoms with Crippen molar-refractivity contribution in [3.05, 3.63) is 74.4 Å². The molecule has 2 aromatic carbocycles. The van der Waals surface area contributed by atoms with E-state index >= 15 is 0 Å². The maximum Gasteiger partial charge on any atom is 0.297 e. The van der Waals surface area contributed by atoms with Gasteiger partial charge in [0.1, 0.15) is 5.02 Å². The van der Waals surface area contributed by atoms with Crippen molar-refractivity contribution in [2.75, 3.05) is 6.54 Å². The molecule has 130 valence electrons. The third-order valence-electron chi connectivity index (χ3n) is 4.52. The van der Waals surface area contributed by atoms with Gasteiger partial charge >= 0.3 is 0 Å². The Morgan fingerprint density at radius 3 is 2.35 bits per heavy atom. The number of carbonyl (C=O) groups is 2. The predicted molar refractivity (Wildman–Crippen MR) is 95.5 cm³/mol. The maximum absolute atomic E-state index is 12.4. The van der Waals surface area contributed by atoms with Crippen molar-refractivity contribution < 1.29 is 14.5 Å². The number of imide groups is 1. The molecule has 0 saturated heterocycles. The Kier molecular flexibility index (Phi) is 3.73. The lowest BCUT2D eigenvalue weighted by Gasteiger charge is -2.13. The average Bonchev–Trinajstić information content (AvgIpc) is 3.13. The first-order chi connectivity index (χ1) is 12.5. The third kappa shape index (κ3) is 2.36. The number of nitrogens with one attached hydrogen (secondary N) is 1. The smallest absolute Gasteiger partial charge is 0.297 e. The Hall–Kier alpha value is -3.19. The van der Waals surface area contributed by atoms with E-state index < -0.39 is 4.92 Å². The highest BCUT2D eigenvalue weighted by atomic mass is 35.5. The second-order valence-electron chi connectivity index (χ2n) is 5.95. The molecule has 0 fully saturated rings. The molecular formula is C18H12ClN3O4. The molecule has 0 aliphatic carbocycles. The van der Waals surface area contributed by atoms with E-state index in [2.05, 4.69) is 4.98 Å². The number of carbonyl (C=O) groups excluding carboxylic acids is 2. The number of nitro groups is 1. The number of hydrogen-bond donors (Lipinski definition) is 1. The fourth-order valence-electron chi connectivity index (χ4n) is 3.30. The number of rotatable bonds is 4. The maximum atomic E-state index is 12.4. The van der Waals surface area contributed by atoms with E-state index in [1.807, 2.05) is 0 Å². The summed E-state index contributed by atoms with van der Waals surface area (Å²) in [4.78, 5) is 39.9. The number of aromatic amines is 1. The van der Waals surface area contributed by atoms with Crippen LogP contribution in [0.2, 0.25) is 5.02 Å². The van der Waals surface area contributed by atoms with Gasteiger partial charge in [-0.2, -0.15) is 0 Å². The zero-order valence-electron chi connectivity index (χ0n) is 13.4. The molecule has 0 atom stereocenters. The Morgan fingerprint density at radius 1 is 1.08 bits per heavy atom. The lowest BCUT2D eigenvalue weighted by molar-refractivity contribution is -0.382. The Bertz CT molecular complexity index is 1050. The highest BCUT2D eigenvalue weighted by Crippen LogP contribution is 2.35. The zero-order valence-corrected chi connectivity index (χ0v) is 14.1. The topological polar surface area (TPSA) is 96.3 Å². The van der Waals surface area contributed by atoms with Crippen molar-refractivity contribution in [1.82, 2.24) is 9.88 Å². The minimum absolute atomic E-state index is 0.0454. The second kappa shape index (κ2) is 5.96. The number of nitrogens with zero attached hydrogens (tertiary/aromatic N) is 2. The van der Waals surface area contributed by atoms with Gasteiger partial charge in [0.2, 0.25) is 0 Å². The standard InChI is InChI=1S/C18H12ClN3O4/c19-13-5-6-14-15(16(13)22(25)26)10(9-20-14)7-8-21-17(23)11-3-1-2-4-12(11)18(21)24/h1-6,9,20H,7-8H2. The number of halogens is 1. The summed E-state index contributed by atoms with van der Waals surface area (Å²) in [6, 6.07) is 9.78. The van der Waals surface area contributed by atoms with Crippen LogP contribution in [0.4, 0.5) is 5.69 Å². The number of amides is 2. The third-order valence-corrected chi connectivity index (χ3v) is 4.82. The van der Waals surface area contributed by atoms with Crippen LogP contribution < -0.4 is 0 Å². The molecule has 1 aromatic heterocycles. The van der Waals surface area contributed by atoms with Crippen molar-refractivity contribution in [2.24, 2.45) is 0 Å². The molecule has 0 unspecified atom stereocenters. The summed E-state index contributed by atoms with van der Waals surface area (Å²) in [7, 11) is 0. The first-order valence-corrected chi connectivity index (χ1v) is 8.25. The zero-order chi connectivity index (χ0) is 18.4. The van der Waals surface area contributed by atoms with Gasteiger partial charge in [0.25, 0.3) is 17.5 Å². The van der Waals surface area contributed by atoms with Crippen molar-refractivity contribution >= 4 is 40.0 Å². The van der Waals surface area contributed by atoms with Gasteiger partial charge in [-0.15, -0.1) is 0 Å². The van der Waals surface area contributed by atoms with Crippen LogP contribution >= 0.6 is 11.6 Å². The Labute approximate surface area is 152 Å². The number of fused-ring (bicyclic) bond motifs is 2. The van der Waals surface area contributed by atoms with Crippen LogP contribution in [0.25, 0.3) is 10.9 Å². The van der Waals surface area contributed by atoms with Crippen LogP contribution in [0.1, 0.15) is 26.3 Å². The minimum atomic E-state index is -0.524. The molecule has 26 heavy (non-hydrogen) atoms. The molecule has 1 N–H and O–H groups in total. The van der Waals surface area contributed by atoms with Crippen LogP contribution in [-0.2, 0) is 6.42 Å². The summed E-state index contributed by atoms with van der Waals surface area (Å²) in [5.41, 5.74) is 1.79. The van der Waals surface area contributed by atoms with Crippen molar-refractivity contribution in [3.8, 4) is 0 Å². The minimum Gasteiger partial charge on any atom is -0.361 e. The summed E-state index contributed by atoms with van der Waals surface area (Å²) >= 11 is 5.99. The van der Waals surface area contributed by atoms with Gasteiger partial charge < -0.3 is 4.98 Å². The summed E-state index contributed by atoms with van der Waals surface area (Å²) in [5.74, 6) is -0.698. The van der Waals surface area contributed by atoms with Gasteiger partial charge in [-0.1, -0.05) is 23.7 Å². The molecule has 2 amide bonds. The Morgan fingerprint density at radius 2 is 1.73 bits per heavy atom. The fraction of sp³-hybridized carbons (Fsp3) is 0.111. The number of benzene rings is 2. The van der Waals surface area contributed by atoms with E-state index in [4.69, 9.17) is 11.6 Å². The molecule has 0 saturated carbocycles. The molecule has 4 rings (SSSR count). The quantitative estimate of drug-likeness (QED) is 0.432. The van der Waals surface area contributed by atoms with E-state index in [-0.39, 0.29) is 35.5 Å². The van der Waals surface area contributed by atoms with Crippen molar-refractivity contribution in [2.45, 2.75) is 6.42 Å².